The van der Waals surface area contributed by atoms with E-state index in [0.717, 1.165) is 42.8 Å². The molecule has 8 heteroatoms. The number of carbonyl (C=O) groups is 2. The number of hydrogen-bond donors (Lipinski definition) is 1. The molecule has 1 N–H and O–H groups in total. The molecule has 0 unspecified atom stereocenters. The van der Waals surface area contributed by atoms with E-state index in [1.807, 2.05) is 25.1 Å². The van der Waals surface area contributed by atoms with Gasteiger partial charge in [-0.3, -0.25) is 14.5 Å². The van der Waals surface area contributed by atoms with E-state index in [9.17, 15) is 14.0 Å². The van der Waals surface area contributed by atoms with Crippen LogP contribution in [0.3, 0.4) is 0 Å². The van der Waals surface area contributed by atoms with Crippen molar-refractivity contribution in [2.75, 3.05) is 4.90 Å². The maximum Gasteiger partial charge on any atom is 0.280 e. The normalized spacial score (nSPS) is 14.9. The average molecular weight is 439 g/mol. The molecule has 1 heterocycles. The molecule has 1 atom stereocenters. The van der Waals surface area contributed by atoms with Crippen molar-refractivity contribution in [1.82, 2.24) is 14.9 Å². The Labute approximate surface area is 184 Å². The lowest BCUT2D eigenvalue weighted by molar-refractivity contribution is -0.123. The Morgan fingerprint density at radius 3 is 2.55 bits per heavy atom. The summed E-state index contributed by atoms with van der Waals surface area (Å²) in [6.07, 6.45) is 3.96. The van der Waals surface area contributed by atoms with Crippen molar-refractivity contribution < 1.29 is 14.0 Å². The third-order valence-electron chi connectivity index (χ3n) is 5.47. The van der Waals surface area contributed by atoms with Gasteiger partial charge in [0.25, 0.3) is 5.91 Å². The smallest absolute Gasteiger partial charge is 0.280 e. The third kappa shape index (κ3) is 4.80. The van der Waals surface area contributed by atoms with Gasteiger partial charge in [0, 0.05) is 17.1 Å². The molecule has 0 saturated heterocycles. The van der Waals surface area contributed by atoms with Crippen LogP contribution in [0.2, 0.25) is 0 Å². The topological polar surface area (TPSA) is 75.2 Å². The first-order valence-electron chi connectivity index (χ1n) is 10.3. The average Bonchev–Trinajstić information content (AvgIpc) is 3.46. The number of nitrogens with zero attached hydrogens (tertiary/aromatic N) is 3. The van der Waals surface area contributed by atoms with Crippen LogP contribution >= 0.6 is 11.5 Å². The van der Waals surface area contributed by atoms with Crippen molar-refractivity contribution in [3.8, 4) is 0 Å². The lowest BCUT2D eigenvalue weighted by Crippen LogP contribution is -2.46. The molecule has 2 amide bonds. The Balaban J connectivity index is 1.80. The summed E-state index contributed by atoms with van der Waals surface area (Å²) in [5.74, 6) is -1.14. The number of aryl methyl sites for hydroxylation is 1. The highest BCUT2D eigenvalue weighted by molar-refractivity contribution is 7.03. The zero-order valence-corrected chi connectivity index (χ0v) is 17.9. The second-order valence-corrected chi connectivity index (χ2v) is 8.36. The van der Waals surface area contributed by atoms with E-state index in [4.69, 9.17) is 0 Å². The Morgan fingerprint density at radius 1 is 1.16 bits per heavy atom. The minimum atomic E-state index is -0.975. The number of rotatable bonds is 6. The number of benzene rings is 2. The molecule has 3 aromatic rings. The lowest BCUT2D eigenvalue weighted by atomic mass is 10.0. The number of aromatic nitrogens is 2. The molecule has 160 valence electrons. The van der Waals surface area contributed by atoms with Crippen LogP contribution in [-0.4, -0.2) is 27.4 Å². The molecule has 31 heavy (non-hydrogen) atoms. The van der Waals surface area contributed by atoms with Gasteiger partial charge in [-0.1, -0.05) is 41.6 Å². The standard InChI is InChI=1S/C23H23FN4O2S/c1-15-5-4-8-19(13-15)28(23(30)20-14-31-27-26-20)21(16-9-11-17(24)12-10-16)22(29)25-18-6-2-3-7-18/h4-5,8-14,18,21H,2-3,6-7H2,1H3,(H,25,29)/t21-/m0/s1. The van der Waals surface area contributed by atoms with E-state index in [2.05, 4.69) is 14.9 Å². The van der Waals surface area contributed by atoms with Crippen LogP contribution in [0.4, 0.5) is 10.1 Å². The van der Waals surface area contributed by atoms with E-state index in [1.165, 1.54) is 17.0 Å². The Hall–Kier alpha value is -3.13. The highest BCUT2D eigenvalue weighted by Gasteiger charge is 2.35. The van der Waals surface area contributed by atoms with E-state index in [0.29, 0.717) is 11.3 Å². The molecule has 0 bridgehead atoms. The zero-order chi connectivity index (χ0) is 21.8. The van der Waals surface area contributed by atoms with E-state index >= 15 is 0 Å². The van der Waals surface area contributed by atoms with E-state index < -0.39 is 17.8 Å². The summed E-state index contributed by atoms with van der Waals surface area (Å²) in [5.41, 5.74) is 2.19. The van der Waals surface area contributed by atoms with Crippen LogP contribution in [0.1, 0.15) is 53.3 Å². The summed E-state index contributed by atoms with van der Waals surface area (Å²) in [6, 6.07) is 12.2. The largest absolute Gasteiger partial charge is 0.351 e. The van der Waals surface area contributed by atoms with Gasteiger partial charge < -0.3 is 5.32 Å². The van der Waals surface area contributed by atoms with Gasteiger partial charge in [-0.05, 0) is 66.7 Å². The number of carbonyl (C=O) groups excluding carboxylic acids is 2. The summed E-state index contributed by atoms with van der Waals surface area (Å²) >= 11 is 1.07. The van der Waals surface area contributed by atoms with Crippen LogP contribution in [0.15, 0.2) is 53.9 Å². The molecular formula is C23H23FN4O2S. The molecule has 2 aromatic carbocycles. The second-order valence-electron chi connectivity index (χ2n) is 7.75. The predicted molar refractivity (Wildman–Crippen MR) is 117 cm³/mol. The number of hydrogen-bond acceptors (Lipinski definition) is 5. The third-order valence-corrected chi connectivity index (χ3v) is 5.98. The summed E-state index contributed by atoms with van der Waals surface area (Å²) in [6.45, 7) is 1.92. The van der Waals surface area contributed by atoms with Crippen molar-refractivity contribution in [2.45, 2.75) is 44.7 Å². The van der Waals surface area contributed by atoms with E-state index in [-0.39, 0.29) is 17.6 Å². The van der Waals surface area contributed by atoms with Crippen molar-refractivity contribution in [3.05, 3.63) is 76.5 Å². The van der Waals surface area contributed by atoms with Gasteiger partial charge in [0.1, 0.15) is 11.9 Å². The number of amides is 2. The van der Waals surface area contributed by atoms with Crippen molar-refractivity contribution >= 4 is 29.0 Å². The molecule has 6 nitrogen and oxygen atoms in total. The monoisotopic (exact) mass is 438 g/mol. The highest BCUT2D eigenvalue weighted by atomic mass is 32.1. The predicted octanol–water partition coefficient (Wildman–Crippen LogP) is 4.43. The van der Waals surface area contributed by atoms with Gasteiger partial charge in [-0.25, -0.2) is 4.39 Å². The Kier molecular flexibility index (Phi) is 6.36. The fourth-order valence-electron chi connectivity index (χ4n) is 3.96. The first-order chi connectivity index (χ1) is 15.0. The molecular weight excluding hydrogens is 415 g/mol. The van der Waals surface area contributed by atoms with Crippen molar-refractivity contribution in [1.29, 1.82) is 0 Å². The van der Waals surface area contributed by atoms with Crippen LogP contribution in [0.5, 0.6) is 0 Å². The fourth-order valence-corrected chi connectivity index (χ4v) is 4.39. The maximum atomic E-state index is 13.6. The van der Waals surface area contributed by atoms with Gasteiger partial charge in [-0.15, -0.1) is 5.10 Å². The first kappa shape index (κ1) is 21.1. The van der Waals surface area contributed by atoms with Crippen LogP contribution in [0.25, 0.3) is 0 Å². The SMILES string of the molecule is Cc1cccc(N(C(=O)c2csnn2)[C@H](C(=O)NC2CCCC2)c2ccc(F)cc2)c1. The molecule has 0 aliphatic heterocycles. The molecule has 0 radical (unpaired) electrons. The molecule has 1 fully saturated rings. The van der Waals surface area contributed by atoms with Gasteiger partial charge in [0.05, 0.1) is 0 Å². The summed E-state index contributed by atoms with van der Waals surface area (Å²) in [5, 5.41) is 8.58. The molecule has 4 rings (SSSR count). The molecule has 1 aliphatic carbocycles. The number of nitrogens with one attached hydrogen (secondary N) is 1. The highest BCUT2D eigenvalue weighted by Crippen LogP contribution is 2.31. The van der Waals surface area contributed by atoms with Crippen LogP contribution in [-0.2, 0) is 4.79 Å². The molecule has 0 spiro atoms. The van der Waals surface area contributed by atoms with Gasteiger partial charge in [-0.2, -0.15) is 0 Å². The lowest BCUT2D eigenvalue weighted by Gasteiger charge is -2.32. The van der Waals surface area contributed by atoms with Crippen LogP contribution < -0.4 is 10.2 Å². The minimum absolute atomic E-state index is 0.0749. The fraction of sp³-hybridized carbons (Fsp3) is 0.304. The quantitative estimate of drug-likeness (QED) is 0.618. The van der Waals surface area contributed by atoms with Crippen LogP contribution in [0, 0.1) is 12.7 Å². The minimum Gasteiger partial charge on any atom is -0.351 e. The second kappa shape index (κ2) is 9.34. The Morgan fingerprint density at radius 2 is 1.90 bits per heavy atom. The number of halogens is 1. The van der Waals surface area contributed by atoms with Gasteiger partial charge in [0.2, 0.25) is 5.91 Å². The number of anilines is 1. The first-order valence-corrected chi connectivity index (χ1v) is 11.1. The Bertz CT molecular complexity index is 1050. The van der Waals surface area contributed by atoms with Crippen molar-refractivity contribution in [2.24, 2.45) is 0 Å². The van der Waals surface area contributed by atoms with Crippen molar-refractivity contribution in [3.63, 3.8) is 0 Å². The van der Waals surface area contributed by atoms with Gasteiger partial charge >= 0.3 is 0 Å². The molecule has 1 saturated carbocycles. The maximum absolute atomic E-state index is 13.6. The van der Waals surface area contributed by atoms with E-state index in [1.54, 1.807) is 23.6 Å². The summed E-state index contributed by atoms with van der Waals surface area (Å²) in [7, 11) is 0. The summed E-state index contributed by atoms with van der Waals surface area (Å²) in [4.78, 5) is 28.5. The van der Waals surface area contributed by atoms with Gasteiger partial charge in [0.15, 0.2) is 5.69 Å². The zero-order valence-electron chi connectivity index (χ0n) is 17.1. The summed E-state index contributed by atoms with van der Waals surface area (Å²) < 4.78 is 17.4. The molecule has 1 aliphatic rings. The molecule has 1 aromatic heterocycles.